The highest BCUT2D eigenvalue weighted by atomic mass is 16.7. The first-order valence-corrected chi connectivity index (χ1v) is 11.1. The quantitative estimate of drug-likeness (QED) is 0.420. The number of piperidine rings is 2. The summed E-state index contributed by atoms with van der Waals surface area (Å²) < 4.78 is 16.8. The summed E-state index contributed by atoms with van der Waals surface area (Å²) in [4.78, 5) is 25.9. The van der Waals surface area contributed by atoms with Crippen LogP contribution in [-0.4, -0.2) is 49.4 Å². The van der Waals surface area contributed by atoms with Crippen molar-refractivity contribution in [1.82, 2.24) is 4.90 Å². The Bertz CT molecular complexity index is 873. The summed E-state index contributed by atoms with van der Waals surface area (Å²) in [7, 11) is 0. The highest BCUT2D eigenvalue weighted by Gasteiger charge is 2.73. The van der Waals surface area contributed by atoms with Crippen molar-refractivity contribution < 1.29 is 23.8 Å². The molecule has 4 aliphatic rings. The fourth-order valence-corrected chi connectivity index (χ4v) is 6.80. The molecule has 0 amide bonds. The lowest BCUT2D eigenvalue weighted by atomic mass is 9.39. The van der Waals surface area contributed by atoms with Crippen molar-refractivity contribution in [3.8, 4) is 5.75 Å². The van der Waals surface area contributed by atoms with Crippen molar-refractivity contribution in [3.05, 3.63) is 29.3 Å². The summed E-state index contributed by atoms with van der Waals surface area (Å²) in [5.41, 5.74) is 2.25. The van der Waals surface area contributed by atoms with E-state index in [9.17, 15) is 9.59 Å². The molecule has 0 N–H and O–H groups in total. The molecule has 5 atom stereocenters. The number of carbonyl (C=O) groups excluding carboxylic acids is 2. The lowest BCUT2D eigenvalue weighted by molar-refractivity contribution is -0.250. The van der Waals surface area contributed by atoms with Gasteiger partial charge < -0.3 is 14.2 Å². The average molecular weight is 414 g/mol. The monoisotopic (exact) mass is 413 g/mol. The minimum Gasteiger partial charge on any atom is -0.464 e. The van der Waals surface area contributed by atoms with Crippen molar-refractivity contribution in [3.63, 3.8) is 0 Å². The molecule has 1 saturated carbocycles. The fourth-order valence-electron chi connectivity index (χ4n) is 6.80. The highest BCUT2D eigenvalue weighted by Crippen LogP contribution is 2.68. The molecule has 162 valence electrons. The maximum atomic E-state index is 12.0. The summed E-state index contributed by atoms with van der Waals surface area (Å²) >= 11 is 0. The van der Waals surface area contributed by atoms with Crippen LogP contribution in [0.4, 0.5) is 0 Å². The van der Waals surface area contributed by atoms with Crippen LogP contribution in [0.1, 0.15) is 57.6 Å². The number of nitrogens with zero attached hydrogens (tertiary/aromatic N) is 1. The lowest BCUT2D eigenvalue weighted by Gasteiger charge is -2.75. The second-order valence-electron chi connectivity index (χ2n) is 10.4. The molecule has 30 heavy (non-hydrogen) atoms. The molecule has 0 aromatic heterocycles. The molecule has 6 nitrogen and oxygen atoms in total. The molecule has 6 heteroatoms. The topological polar surface area (TPSA) is 65.1 Å². The van der Waals surface area contributed by atoms with Crippen LogP contribution in [0.25, 0.3) is 0 Å². The van der Waals surface area contributed by atoms with Crippen LogP contribution in [0.3, 0.4) is 0 Å². The van der Waals surface area contributed by atoms with Gasteiger partial charge in [-0.1, -0.05) is 6.07 Å². The van der Waals surface area contributed by atoms with Gasteiger partial charge in [-0.25, -0.2) is 0 Å². The lowest BCUT2D eigenvalue weighted by Crippen LogP contribution is -2.83. The average Bonchev–Trinajstić information content (AvgIpc) is 2.71. The van der Waals surface area contributed by atoms with Crippen molar-refractivity contribution in [1.29, 1.82) is 0 Å². The van der Waals surface area contributed by atoms with E-state index in [2.05, 4.69) is 17.0 Å². The minimum atomic E-state index is -0.548. The van der Waals surface area contributed by atoms with Gasteiger partial charge >= 0.3 is 5.97 Å². The van der Waals surface area contributed by atoms with E-state index in [1.807, 2.05) is 26.8 Å². The zero-order valence-corrected chi connectivity index (χ0v) is 18.1. The predicted octanol–water partition coefficient (Wildman–Crippen LogP) is 3.21. The molecule has 2 unspecified atom stereocenters. The molecule has 0 radical (unpaired) electrons. The maximum Gasteiger partial charge on any atom is 0.314 e. The highest BCUT2D eigenvalue weighted by molar-refractivity contribution is 5.75. The van der Waals surface area contributed by atoms with Crippen LogP contribution in [0.15, 0.2) is 18.2 Å². The van der Waals surface area contributed by atoms with E-state index in [4.69, 9.17) is 14.2 Å². The Morgan fingerprint density at radius 2 is 2.13 bits per heavy atom. The second-order valence-corrected chi connectivity index (χ2v) is 10.4. The first-order chi connectivity index (χ1) is 14.3. The Morgan fingerprint density at radius 1 is 1.30 bits per heavy atom. The Kier molecular flexibility index (Phi) is 4.44. The molecule has 1 aromatic rings. The van der Waals surface area contributed by atoms with E-state index < -0.39 is 5.41 Å². The molecule has 3 fully saturated rings. The number of hydrogen-bond acceptors (Lipinski definition) is 6. The number of carbonyl (C=O) groups is 2. The summed E-state index contributed by atoms with van der Waals surface area (Å²) in [5, 5.41) is 0. The van der Waals surface area contributed by atoms with E-state index in [-0.39, 0.29) is 29.7 Å². The summed E-state index contributed by atoms with van der Waals surface area (Å²) in [5.74, 6) is 0.461. The van der Waals surface area contributed by atoms with Gasteiger partial charge in [-0.05, 0) is 82.7 Å². The largest absolute Gasteiger partial charge is 0.464 e. The Labute approximate surface area is 177 Å². The van der Waals surface area contributed by atoms with Gasteiger partial charge in [-0.2, -0.15) is 0 Å². The number of fused-ring (bicyclic) bond motifs is 3. The normalized spacial score (nSPS) is 35.9. The van der Waals surface area contributed by atoms with Crippen LogP contribution >= 0.6 is 0 Å². The van der Waals surface area contributed by atoms with Crippen LogP contribution < -0.4 is 4.74 Å². The summed E-state index contributed by atoms with van der Waals surface area (Å²) in [6.45, 7) is 8.17. The molecule has 2 aliphatic heterocycles. The molecule has 2 heterocycles. The van der Waals surface area contributed by atoms with Gasteiger partial charge in [-0.15, -0.1) is 0 Å². The number of benzene rings is 1. The van der Waals surface area contributed by atoms with Gasteiger partial charge in [0.05, 0.1) is 5.41 Å². The van der Waals surface area contributed by atoms with Gasteiger partial charge in [0.15, 0.2) is 0 Å². The van der Waals surface area contributed by atoms with E-state index in [0.29, 0.717) is 12.5 Å². The Morgan fingerprint density at radius 3 is 2.90 bits per heavy atom. The Balaban J connectivity index is 1.44. The van der Waals surface area contributed by atoms with Crippen LogP contribution in [0.2, 0.25) is 0 Å². The third-order valence-corrected chi connectivity index (χ3v) is 8.12. The Hall–Kier alpha value is -2.08. The van der Waals surface area contributed by atoms with Gasteiger partial charge in [0.25, 0.3) is 6.47 Å². The first-order valence-electron chi connectivity index (χ1n) is 11.1. The fraction of sp³-hybridized carbons (Fsp3) is 0.667. The smallest absolute Gasteiger partial charge is 0.314 e. The number of rotatable bonds is 5. The maximum absolute atomic E-state index is 12.0. The number of esters is 1. The molecular weight excluding hydrogens is 382 g/mol. The van der Waals surface area contributed by atoms with Crippen molar-refractivity contribution in [2.75, 3.05) is 19.9 Å². The molecule has 2 saturated heterocycles. The summed E-state index contributed by atoms with van der Waals surface area (Å²) in [6, 6.07) is 6.78. The van der Waals surface area contributed by atoms with Crippen molar-refractivity contribution in [2.45, 2.75) is 70.4 Å². The molecule has 5 rings (SSSR count). The number of ether oxygens (including phenoxy) is 3. The van der Waals surface area contributed by atoms with Gasteiger partial charge in [0.1, 0.15) is 11.9 Å². The molecule has 2 bridgehead atoms. The van der Waals surface area contributed by atoms with E-state index in [1.54, 1.807) is 0 Å². The second kappa shape index (κ2) is 6.71. The van der Waals surface area contributed by atoms with Crippen molar-refractivity contribution >= 4 is 12.4 Å². The van der Waals surface area contributed by atoms with Gasteiger partial charge in [0, 0.05) is 23.4 Å². The third-order valence-electron chi connectivity index (χ3n) is 8.12. The third kappa shape index (κ3) is 2.58. The van der Waals surface area contributed by atoms with Crippen LogP contribution in [0.5, 0.6) is 5.75 Å². The van der Waals surface area contributed by atoms with Crippen LogP contribution in [-0.2, 0) is 30.9 Å². The molecule has 1 spiro atoms. The van der Waals surface area contributed by atoms with E-state index >= 15 is 0 Å². The zero-order chi connectivity index (χ0) is 21.1. The standard InChI is InChI=1S/C24H31NO5/c1-22(2,3)21(27)30-15-29-17-7-6-16-11-19-24-13-25(19)10-9-23(24,18(16)12-17)8-4-5-20(24)28-14-26/h6-7,12,14,19-20H,4-5,8-11,13,15H2,1-3H3/t19-,20?,23+,24-/m0/s1. The predicted molar refractivity (Wildman–Crippen MR) is 110 cm³/mol. The first kappa shape index (κ1) is 19.9. The summed E-state index contributed by atoms with van der Waals surface area (Å²) in [6.07, 6.45) is 5.24. The SMILES string of the molecule is CC(C)(C)C(=O)OCOc1ccc2c(c1)[C@]13CCCC(OC=O)[C@@]14CN(CC3)[C@H]4C2. The number of hydrogen-bond donors (Lipinski definition) is 0. The molecule has 1 aromatic carbocycles. The van der Waals surface area contributed by atoms with Gasteiger partial charge in [0.2, 0.25) is 6.79 Å². The van der Waals surface area contributed by atoms with Crippen LogP contribution in [0, 0.1) is 10.8 Å². The van der Waals surface area contributed by atoms with Gasteiger partial charge in [-0.3, -0.25) is 14.5 Å². The van der Waals surface area contributed by atoms with E-state index in [0.717, 1.165) is 50.9 Å². The van der Waals surface area contributed by atoms with E-state index in [1.165, 1.54) is 11.1 Å². The molecule has 2 aliphatic carbocycles. The minimum absolute atomic E-state index is 0.00392. The molecular formula is C24H31NO5. The zero-order valence-electron chi connectivity index (χ0n) is 18.1. The van der Waals surface area contributed by atoms with Crippen molar-refractivity contribution in [2.24, 2.45) is 10.8 Å².